The third-order valence-electron chi connectivity index (χ3n) is 4.74. The van der Waals surface area contributed by atoms with Gasteiger partial charge in [-0.05, 0) is 49.6 Å². The molecule has 0 saturated heterocycles. The number of aliphatic hydroxyl groups is 1. The summed E-state index contributed by atoms with van der Waals surface area (Å²) in [5.41, 5.74) is 4.80. The first-order valence-electron chi connectivity index (χ1n) is 8.42. The SMILES string of the molecule is Cc1ccc(C)c(OC[C@@H](O)Cn2c(=O)n(C)c3ccccc32)c1C. The normalized spacial score (nSPS) is 12.5. The molecule has 0 aliphatic rings. The van der Waals surface area contributed by atoms with Gasteiger partial charge in [-0.25, -0.2) is 4.79 Å². The second kappa shape index (κ2) is 6.76. The Kier molecular flexibility index (Phi) is 4.68. The van der Waals surface area contributed by atoms with E-state index >= 15 is 0 Å². The monoisotopic (exact) mass is 340 g/mol. The maximum absolute atomic E-state index is 12.4. The van der Waals surface area contributed by atoms with Crippen LogP contribution >= 0.6 is 0 Å². The number of fused-ring (bicyclic) bond motifs is 1. The molecule has 1 aromatic heterocycles. The zero-order valence-corrected chi connectivity index (χ0v) is 15.1. The fraction of sp³-hybridized carbons (Fsp3) is 0.350. The van der Waals surface area contributed by atoms with Crippen LogP contribution in [0, 0.1) is 20.8 Å². The van der Waals surface area contributed by atoms with Crippen LogP contribution < -0.4 is 10.4 Å². The van der Waals surface area contributed by atoms with Crippen LogP contribution in [-0.2, 0) is 13.6 Å². The van der Waals surface area contributed by atoms with Crippen molar-refractivity contribution in [2.45, 2.75) is 33.4 Å². The van der Waals surface area contributed by atoms with E-state index in [0.717, 1.165) is 33.5 Å². The smallest absolute Gasteiger partial charge is 0.328 e. The van der Waals surface area contributed by atoms with Crippen molar-refractivity contribution in [2.24, 2.45) is 7.05 Å². The quantitative estimate of drug-likeness (QED) is 0.777. The van der Waals surface area contributed by atoms with Crippen molar-refractivity contribution in [1.29, 1.82) is 0 Å². The Labute approximate surface area is 147 Å². The lowest BCUT2D eigenvalue weighted by Gasteiger charge is -2.17. The van der Waals surface area contributed by atoms with E-state index in [1.54, 1.807) is 16.2 Å². The van der Waals surface area contributed by atoms with Crippen molar-refractivity contribution < 1.29 is 9.84 Å². The third-order valence-corrected chi connectivity index (χ3v) is 4.74. The van der Waals surface area contributed by atoms with Gasteiger partial charge in [0.2, 0.25) is 0 Å². The molecule has 1 heterocycles. The van der Waals surface area contributed by atoms with Crippen LogP contribution in [0.3, 0.4) is 0 Å². The summed E-state index contributed by atoms with van der Waals surface area (Å²) in [7, 11) is 1.74. The molecule has 1 atom stereocenters. The summed E-state index contributed by atoms with van der Waals surface area (Å²) < 4.78 is 9.06. The topological polar surface area (TPSA) is 56.4 Å². The average Bonchev–Trinajstić information content (AvgIpc) is 2.84. The lowest BCUT2D eigenvalue weighted by atomic mass is 10.1. The van der Waals surface area contributed by atoms with Crippen LogP contribution in [0.4, 0.5) is 0 Å². The Balaban J connectivity index is 1.79. The first kappa shape index (κ1) is 17.3. The van der Waals surface area contributed by atoms with E-state index in [9.17, 15) is 9.90 Å². The number of aliphatic hydroxyl groups excluding tert-OH is 1. The molecule has 0 aliphatic carbocycles. The lowest BCUT2D eigenvalue weighted by molar-refractivity contribution is 0.0918. The summed E-state index contributed by atoms with van der Waals surface area (Å²) in [6, 6.07) is 11.6. The predicted molar refractivity (Wildman–Crippen MR) is 99.3 cm³/mol. The van der Waals surface area contributed by atoms with E-state index in [4.69, 9.17) is 4.74 Å². The zero-order chi connectivity index (χ0) is 18.1. The molecule has 0 aliphatic heterocycles. The maximum atomic E-state index is 12.4. The molecule has 132 valence electrons. The fourth-order valence-electron chi connectivity index (χ4n) is 3.13. The minimum Gasteiger partial charge on any atom is -0.490 e. The number of nitrogens with zero attached hydrogens (tertiary/aromatic N) is 2. The number of aryl methyl sites for hydroxylation is 3. The number of para-hydroxylation sites is 2. The largest absolute Gasteiger partial charge is 0.490 e. The number of aromatic nitrogens is 2. The van der Waals surface area contributed by atoms with Gasteiger partial charge >= 0.3 is 5.69 Å². The molecule has 1 N–H and O–H groups in total. The van der Waals surface area contributed by atoms with E-state index in [1.165, 1.54) is 0 Å². The van der Waals surface area contributed by atoms with Gasteiger partial charge in [0.15, 0.2) is 0 Å². The van der Waals surface area contributed by atoms with Crippen LogP contribution in [0.1, 0.15) is 16.7 Å². The van der Waals surface area contributed by atoms with Gasteiger partial charge in [0.05, 0.1) is 17.6 Å². The number of imidazole rings is 1. The molecule has 0 saturated carbocycles. The molecule has 5 heteroatoms. The average molecular weight is 340 g/mol. The van der Waals surface area contributed by atoms with Crippen molar-refractivity contribution in [3.05, 3.63) is 63.6 Å². The van der Waals surface area contributed by atoms with Crippen LogP contribution in [0.25, 0.3) is 11.0 Å². The molecular weight excluding hydrogens is 316 g/mol. The highest BCUT2D eigenvalue weighted by atomic mass is 16.5. The van der Waals surface area contributed by atoms with Gasteiger partial charge in [0.1, 0.15) is 18.5 Å². The summed E-state index contributed by atoms with van der Waals surface area (Å²) in [5, 5.41) is 10.4. The number of benzene rings is 2. The molecule has 0 unspecified atom stereocenters. The molecule has 25 heavy (non-hydrogen) atoms. The fourth-order valence-corrected chi connectivity index (χ4v) is 3.13. The zero-order valence-electron chi connectivity index (χ0n) is 15.1. The van der Waals surface area contributed by atoms with E-state index in [0.29, 0.717) is 0 Å². The summed E-state index contributed by atoms with van der Waals surface area (Å²) >= 11 is 0. The Bertz CT molecular complexity index is 969. The molecule has 0 amide bonds. The van der Waals surface area contributed by atoms with Crippen LogP contribution in [0.2, 0.25) is 0 Å². The molecule has 0 fully saturated rings. The van der Waals surface area contributed by atoms with Gasteiger partial charge in [0.25, 0.3) is 0 Å². The molecule has 3 aromatic rings. The number of ether oxygens (including phenoxy) is 1. The van der Waals surface area contributed by atoms with Gasteiger partial charge in [-0.15, -0.1) is 0 Å². The van der Waals surface area contributed by atoms with Crippen LogP contribution in [0.15, 0.2) is 41.2 Å². The highest BCUT2D eigenvalue weighted by molar-refractivity contribution is 5.75. The van der Waals surface area contributed by atoms with E-state index in [1.807, 2.05) is 51.1 Å². The van der Waals surface area contributed by atoms with Crippen LogP contribution in [0.5, 0.6) is 5.75 Å². The molecule has 0 radical (unpaired) electrons. The lowest BCUT2D eigenvalue weighted by Crippen LogP contribution is -2.30. The number of hydrogen-bond donors (Lipinski definition) is 1. The van der Waals surface area contributed by atoms with Crippen LogP contribution in [-0.4, -0.2) is 27.0 Å². The van der Waals surface area contributed by atoms with Gasteiger partial charge in [0, 0.05) is 7.05 Å². The number of rotatable bonds is 5. The van der Waals surface area contributed by atoms with Crippen molar-refractivity contribution in [3.8, 4) is 5.75 Å². The van der Waals surface area contributed by atoms with Gasteiger partial charge in [-0.2, -0.15) is 0 Å². The molecule has 3 rings (SSSR count). The van der Waals surface area contributed by atoms with Gasteiger partial charge in [-0.3, -0.25) is 9.13 Å². The van der Waals surface area contributed by atoms with Crippen molar-refractivity contribution in [1.82, 2.24) is 9.13 Å². The minimum absolute atomic E-state index is 0.136. The summed E-state index contributed by atoms with van der Waals surface area (Å²) in [6.45, 7) is 6.38. The van der Waals surface area contributed by atoms with E-state index in [2.05, 4.69) is 6.07 Å². The van der Waals surface area contributed by atoms with Crippen molar-refractivity contribution >= 4 is 11.0 Å². The maximum Gasteiger partial charge on any atom is 0.328 e. The van der Waals surface area contributed by atoms with Gasteiger partial charge in [-0.1, -0.05) is 24.3 Å². The highest BCUT2D eigenvalue weighted by Crippen LogP contribution is 2.25. The van der Waals surface area contributed by atoms with Crippen molar-refractivity contribution in [3.63, 3.8) is 0 Å². The first-order valence-corrected chi connectivity index (χ1v) is 8.42. The predicted octanol–water partition coefficient (Wildman–Crippen LogP) is 2.71. The van der Waals surface area contributed by atoms with E-state index < -0.39 is 6.10 Å². The van der Waals surface area contributed by atoms with Crippen molar-refractivity contribution in [2.75, 3.05) is 6.61 Å². The Morgan fingerprint density at radius 3 is 2.40 bits per heavy atom. The Morgan fingerprint density at radius 1 is 1.04 bits per heavy atom. The summed E-state index contributed by atoms with van der Waals surface area (Å²) in [4.78, 5) is 12.4. The minimum atomic E-state index is -0.775. The summed E-state index contributed by atoms with van der Waals surface area (Å²) in [5.74, 6) is 0.810. The highest BCUT2D eigenvalue weighted by Gasteiger charge is 2.15. The molecule has 2 aromatic carbocycles. The standard InChI is InChI=1S/C20H24N2O3/c1-13-9-10-14(2)19(15(13)3)25-12-16(23)11-22-18-8-6-5-7-17(18)21(4)20(22)24/h5-10,16,23H,11-12H2,1-4H3/t16-/m0/s1. The summed E-state index contributed by atoms with van der Waals surface area (Å²) in [6.07, 6.45) is -0.775. The van der Waals surface area contributed by atoms with Gasteiger partial charge < -0.3 is 9.84 Å². The Hall–Kier alpha value is -2.53. The molecule has 0 spiro atoms. The second-order valence-electron chi connectivity index (χ2n) is 6.56. The second-order valence-corrected chi connectivity index (χ2v) is 6.56. The molecule has 5 nitrogen and oxygen atoms in total. The Morgan fingerprint density at radius 2 is 1.68 bits per heavy atom. The third kappa shape index (κ3) is 3.20. The van der Waals surface area contributed by atoms with E-state index in [-0.39, 0.29) is 18.8 Å². The molecule has 0 bridgehead atoms. The first-order chi connectivity index (χ1) is 11.9. The number of hydrogen-bond acceptors (Lipinski definition) is 3. The molecular formula is C20H24N2O3.